The number of carbonyl (C=O) groups excluding carboxylic acids is 2. The summed E-state index contributed by atoms with van der Waals surface area (Å²) in [6.07, 6.45) is 0.321. The van der Waals surface area contributed by atoms with Crippen LogP contribution in [0.4, 0.5) is 0 Å². The second kappa shape index (κ2) is 6.98. The van der Waals surface area contributed by atoms with Crippen LogP contribution in [0.15, 0.2) is 24.3 Å². The van der Waals surface area contributed by atoms with Crippen molar-refractivity contribution in [2.45, 2.75) is 12.5 Å². The molecule has 0 aliphatic carbocycles. The molecule has 0 fully saturated rings. The van der Waals surface area contributed by atoms with E-state index in [-0.39, 0.29) is 12.5 Å². The second-order valence-corrected chi connectivity index (χ2v) is 4.22. The van der Waals surface area contributed by atoms with Gasteiger partial charge in [-0.3, -0.25) is 9.59 Å². The van der Waals surface area contributed by atoms with Crippen molar-refractivity contribution in [3.8, 4) is 0 Å². The Morgan fingerprint density at radius 1 is 1.39 bits per heavy atom. The molecule has 0 aromatic heterocycles. The van der Waals surface area contributed by atoms with E-state index in [0.717, 1.165) is 5.56 Å². The third kappa shape index (κ3) is 4.73. The quantitative estimate of drug-likeness (QED) is 0.790. The van der Waals surface area contributed by atoms with Crippen LogP contribution < -0.4 is 11.1 Å². The average molecular weight is 271 g/mol. The van der Waals surface area contributed by atoms with E-state index in [2.05, 4.69) is 10.1 Å². The number of benzene rings is 1. The van der Waals surface area contributed by atoms with E-state index in [1.165, 1.54) is 7.11 Å². The summed E-state index contributed by atoms with van der Waals surface area (Å²) in [4.78, 5) is 22.6. The van der Waals surface area contributed by atoms with Crippen LogP contribution in [0.3, 0.4) is 0 Å². The SMILES string of the molecule is COCC(=O)N[C@@H](Cc1ccc(Cl)cc1)C(N)=O. The molecular formula is C12H15ClN2O3. The third-order valence-corrected chi connectivity index (χ3v) is 2.56. The highest BCUT2D eigenvalue weighted by atomic mass is 35.5. The highest BCUT2D eigenvalue weighted by Crippen LogP contribution is 2.11. The summed E-state index contributed by atoms with van der Waals surface area (Å²) in [5, 5.41) is 3.12. The highest BCUT2D eigenvalue weighted by molar-refractivity contribution is 6.30. The Morgan fingerprint density at radius 2 is 2.00 bits per heavy atom. The van der Waals surface area contributed by atoms with Crippen molar-refractivity contribution >= 4 is 23.4 Å². The zero-order valence-corrected chi connectivity index (χ0v) is 10.7. The monoisotopic (exact) mass is 270 g/mol. The number of hydrogen-bond acceptors (Lipinski definition) is 3. The van der Waals surface area contributed by atoms with Crippen LogP contribution in [0.5, 0.6) is 0 Å². The maximum absolute atomic E-state index is 11.3. The summed E-state index contributed by atoms with van der Waals surface area (Å²) in [6, 6.07) is 6.23. The van der Waals surface area contributed by atoms with Crippen molar-refractivity contribution in [1.29, 1.82) is 0 Å². The average Bonchev–Trinajstić information content (AvgIpc) is 2.31. The number of hydrogen-bond donors (Lipinski definition) is 2. The molecule has 0 aliphatic rings. The zero-order chi connectivity index (χ0) is 13.5. The standard InChI is InChI=1S/C12H15ClN2O3/c1-18-7-11(16)15-10(12(14)17)6-8-2-4-9(13)5-3-8/h2-5,10H,6-7H2,1H3,(H2,14,17)(H,15,16)/t10-/m0/s1. The molecule has 3 N–H and O–H groups in total. The minimum absolute atomic E-state index is 0.107. The number of nitrogens with one attached hydrogen (secondary N) is 1. The van der Waals surface area contributed by atoms with Crippen LogP contribution in [-0.2, 0) is 20.7 Å². The van der Waals surface area contributed by atoms with Crippen molar-refractivity contribution in [3.05, 3.63) is 34.9 Å². The van der Waals surface area contributed by atoms with Crippen LogP contribution in [0.25, 0.3) is 0 Å². The van der Waals surface area contributed by atoms with Gasteiger partial charge in [-0.1, -0.05) is 23.7 Å². The van der Waals surface area contributed by atoms with Crippen molar-refractivity contribution in [2.75, 3.05) is 13.7 Å². The molecule has 5 nitrogen and oxygen atoms in total. The van der Waals surface area contributed by atoms with Gasteiger partial charge in [0.05, 0.1) is 0 Å². The predicted molar refractivity (Wildman–Crippen MR) is 68.2 cm³/mol. The number of amides is 2. The highest BCUT2D eigenvalue weighted by Gasteiger charge is 2.18. The summed E-state index contributed by atoms with van der Waals surface area (Å²) in [5.41, 5.74) is 6.10. The number of methoxy groups -OCH3 is 1. The number of rotatable bonds is 6. The Labute approximate surface area is 110 Å². The Morgan fingerprint density at radius 3 is 2.50 bits per heavy atom. The van der Waals surface area contributed by atoms with E-state index < -0.39 is 11.9 Å². The van der Waals surface area contributed by atoms with Gasteiger partial charge >= 0.3 is 0 Å². The Kier molecular flexibility index (Phi) is 5.61. The van der Waals surface area contributed by atoms with Gasteiger partial charge in [0.2, 0.25) is 11.8 Å². The van der Waals surface area contributed by atoms with Crippen LogP contribution in [0.1, 0.15) is 5.56 Å². The van der Waals surface area contributed by atoms with Gasteiger partial charge in [-0.25, -0.2) is 0 Å². The minimum atomic E-state index is -0.756. The normalized spacial score (nSPS) is 11.9. The third-order valence-electron chi connectivity index (χ3n) is 2.31. The number of primary amides is 1. The van der Waals surface area contributed by atoms with Crippen molar-refractivity contribution in [1.82, 2.24) is 5.32 Å². The van der Waals surface area contributed by atoms with Gasteiger partial charge in [0.1, 0.15) is 12.6 Å². The fourth-order valence-electron chi connectivity index (χ4n) is 1.45. The van der Waals surface area contributed by atoms with Crippen molar-refractivity contribution in [2.24, 2.45) is 5.73 Å². The molecule has 98 valence electrons. The number of halogens is 1. The number of ether oxygens (including phenoxy) is 1. The molecule has 6 heteroatoms. The van der Waals surface area contributed by atoms with E-state index in [4.69, 9.17) is 17.3 Å². The summed E-state index contributed by atoms with van der Waals surface area (Å²) in [6.45, 7) is -0.107. The lowest BCUT2D eigenvalue weighted by Gasteiger charge is -2.15. The molecule has 1 aromatic carbocycles. The van der Waals surface area contributed by atoms with Crippen molar-refractivity contribution in [3.63, 3.8) is 0 Å². The van der Waals surface area contributed by atoms with Gasteiger partial charge < -0.3 is 15.8 Å². The van der Waals surface area contributed by atoms with E-state index in [1.807, 2.05) is 0 Å². The lowest BCUT2D eigenvalue weighted by Crippen LogP contribution is -2.46. The van der Waals surface area contributed by atoms with E-state index in [0.29, 0.717) is 11.4 Å². The fraction of sp³-hybridized carbons (Fsp3) is 0.333. The maximum Gasteiger partial charge on any atom is 0.246 e. The first-order valence-corrected chi connectivity index (χ1v) is 5.72. The first-order valence-electron chi connectivity index (χ1n) is 5.35. The summed E-state index contributed by atoms with van der Waals surface area (Å²) in [7, 11) is 1.40. The predicted octanol–water partition coefficient (Wildman–Crippen LogP) is 0.499. The molecular weight excluding hydrogens is 256 g/mol. The molecule has 2 amide bonds. The minimum Gasteiger partial charge on any atom is -0.375 e. The Balaban J connectivity index is 2.65. The number of nitrogens with two attached hydrogens (primary N) is 1. The van der Waals surface area contributed by atoms with Crippen LogP contribution in [-0.4, -0.2) is 31.6 Å². The van der Waals surface area contributed by atoms with E-state index in [9.17, 15) is 9.59 Å². The molecule has 0 saturated heterocycles. The van der Waals surface area contributed by atoms with E-state index >= 15 is 0 Å². The fourth-order valence-corrected chi connectivity index (χ4v) is 1.57. The van der Waals surface area contributed by atoms with Crippen LogP contribution >= 0.6 is 11.6 Å². The second-order valence-electron chi connectivity index (χ2n) is 3.79. The molecule has 1 atom stereocenters. The summed E-state index contributed by atoms with van der Waals surface area (Å²) in [5.74, 6) is -0.968. The Bertz CT molecular complexity index is 420. The first kappa shape index (κ1) is 14.5. The van der Waals surface area contributed by atoms with Crippen LogP contribution in [0.2, 0.25) is 5.02 Å². The lowest BCUT2D eigenvalue weighted by molar-refractivity contribution is -0.129. The van der Waals surface area contributed by atoms with Gasteiger partial charge in [0, 0.05) is 18.6 Å². The molecule has 0 bridgehead atoms. The van der Waals surface area contributed by atoms with Gasteiger partial charge in [-0.05, 0) is 17.7 Å². The largest absolute Gasteiger partial charge is 0.375 e. The molecule has 0 heterocycles. The molecule has 0 unspecified atom stereocenters. The summed E-state index contributed by atoms with van der Waals surface area (Å²) >= 11 is 5.76. The number of carbonyl (C=O) groups is 2. The van der Waals surface area contributed by atoms with Gasteiger partial charge in [-0.15, -0.1) is 0 Å². The van der Waals surface area contributed by atoms with Gasteiger partial charge in [0.25, 0.3) is 0 Å². The molecule has 1 aromatic rings. The molecule has 1 rings (SSSR count). The molecule has 0 spiro atoms. The first-order chi connectivity index (χ1) is 8.52. The topological polar surface area (TPSA) is 81.4 Å². The van der Waals surface area contributed by atoms with E-state index in [1.54, 1.807) is 24.3 Å². The summed E-state index contributed by atoms with van der Waals surface area (Å²) < 4.78 is 4.67. The maximum atomic E-state index is 11.3. The zero-order valence-electron chi connectivity index (χ0n) is 9.98. The van der Waals surface area contributed by atoms with Crippen LogP contribution in [0, 0.1) is 0 Å². The molecule has 18 heavy (non-hydrogen) atoms. The van der Waals surface area contributed by atoms with Gasteiger partial charge in [0.15, 0.2) is 0 Å². The molecule has 0 saturated carbocycles. The Hall–Kier alpha value is -1.59. The van der Waals surface area contributed by atoms with Crippen molar-refractivity contribution < 1.29 is 14.3 Å². The lowest BCUT2D eigenvalue weighted by atomic mass is 10.1. The molecule has 0 radical (unpaired) electrons. The molecule has 0 aliphatic heterocycles. The smallest absolute Gasteiger partial charge is 0.246 e. The van der Waals surface area contributed by atoms with Gasteiger partial charge in [-0.2, -0.15) is 0 Å².